The van der Waals surface area contributed by atoms with Gasteiger partial charge in [0.05, 0.1) is 5.69 Å². The first-order valence-corrected chi connectivity index (χ1v) is 7.91. The molecule has 106 valence electrons. The fraction of sp³-hybridized carbons (Fsp3) is 0.800. The standard InChI is InChI=1S/C15H26N4/c1-2-6-13-14(7-3-1)17-18-15(13)12-16-8-11-19-9-4-5-10-19/h16H,1-12H2,(H,17,18). The van der Waals surface area contributed by atoms with E-state index >= 15 is 0 Å². The molecule has 1 aliphatic heterocycles. The van der Waals surface area contributed by atoms with Crippen molar-refractivity contribution in [1.82, 2.24) is 20.4 Å². The smallest absolute Gasteiger partial charge is 0.0794 e. The normalized spacial score (nSPS) is 20.4. The molecule has 4 heteroatoms. The second kappa shape index (κ2) is 6.53. The molecule has 0 unspecified atom stereocenters. The van der Waals surface area contributed by atoms with Crippen molar-refractivity contribution in [3.05, 3.63) is 17.0 Å². The molecular formula is C15H26N4. The van der Waals surface area contributed by atoms with Crippen LogP contribution >= 0.6 is 0 Å². The summed E-state index contributed by atoms with van der Waals surface area (Å²) < 4.78 is 0. The maximum atomic E-state index is 4.51. The maximum Gasteiger partial charge on any atom is 0.0794 e. The van der Waals surface area contributed by atoms with Gasteiger partial charge in [-0.25, -0.2) is 0 Å². The van der Waals surface area contributed by atoms with E-state index in [1.807, 2.05) is 0 Å². The Morgan fingerprint density at radius 2 is 1.89 bits per heavy atom. The van der Waals surface area contributed by atoms with Crippen molar-refractivity contribution in [2.24, 2.45) is 0 Å². The average molecular weight is 262 g/mol. The van der Waals surface area contributed by atoms with Crippen molar-refractivity contribution in [3.8, 4) is 0 Å². The summed E-state index contributed by atoms with van der Waals surface area (Å²) in [7, 11) is 0. The molecule has 0 atom stereocenters. The number of H-pyrrole nitrogens is 1. The monoisotopic (exact) mass is 262 g/mol. The van der Waals surface area contributed by atoms with Crippen LogP contribution in [0.5, 0.6) is 0 Å². The molecule has 0 saturated carbocycles. The molecule has 0 radical (unpaired) electrons. The minimum absolute atomic E-state index is 0.930. The molecule has 3 rings (SSSR count). The first-order chi connectivity index (χ1) is 9.43. The number of aryl methyl sites for hydroxylation is 1. The molecule has 0 amide bonds. The highest BCUT2D eigenvalue weighted by molar-refractivity contribution is 5.26. The second-order valence-corrected chi connectivity index (χ2v) is 5.91. The molecule has 2 heterocycles. The van der Waals surface area contributed by atoms with Gasteiger partial charge >= 0.3 is 0 Å². The molecule has 0 spiro atoms. The Bertz CT molecular complexity index is 393. The van der Waals surface area contributed by atoms with Gasteiger partial charge < -0.3 is 10.2 Å². The molecule has 0 bridgehead atoms. The van der Waals surface area contributed by atoms with Gasteiger partial charge in [0.1, 0.15) is 0 Å². The van der Waals surface area contributed by atoms with E-state index in [-0.39, 0.29) is 0 Å². The highest BCUT2D eigenvalue weighted by atomic mass is 15.2. The largest absolute Gasteiger partial charge is 0.310 e. The van der Waals surface area contributed by atoms with Gasteiger partial charge in [0, 0.05) is 25.3 Å². The molecule has 1 aromatic rings. The summed E-state index contributed by atoms with van der Waals surface area (Å²) in [4.78, 5) is 2.55. The third kappa shape index (κ3) is 3.37. The summed E-state index contributed by atoms with van der Waals surface area (Å²) in [5.41, 5.74) is 4.17. The number of aromatic nitrogens is 2. The lowest BCUT2D eigenvalue weighted by Gasteiger charge is -2.14. The molecule has 1 saturated heterocycles. The highest BCUT2D eigenvalue weighted by Gasteiger charge is 2.15. The summed E-state index contributed by atoms with van der Waals surface area (Å²) in [6.07, 6.45) is 9.18. The zero-order valence-electron chi connectivity index (χ0n) is 11.9. The molecule has 19 heavy (non-hydrogen) atoms. The van der Waals surface area contributed by atoms with Crippen LogP contribution in [-0.4, -0.2) is 41.3 Å². The van der Waals surface area contributed by atoms with Crippen LogP contribution in [-0.2, 0) is 19.4 Å². The Morgan fingerprint density at radius 1 is 1.05 bits per heavy atom. The van der Waals surface area contributed by atoms with E-state index in [0.29, 0.717) is 0 Å². The minimum Gasteiger partial charge on any atom is -0.310 e. The van der Waals surface area contributed by atoms with Gasteiger partial charge in [-0.05, 0) is 57.2 Å². The molecular weight excluding hydrogens is 236 g/mol. The van der Waals surface area contributed by atoms with Crippen LogP contribution in [0.25, 0.3) is 0 Å². The van der Waals surface area contributed by atoms with E-state index in [0.717, 1.165) is 13.1 Å². The molecule has 1 fully saturated rings. The van der Waals surface area contributed by atoms with Gasteiger partial charge in [-0.2, -0.15) is 5.10 Å². The van der Waals surface area contributed by atoms with Crippen molar-refractivity contribution >= 4 is 0 Å². The number of likely N-dealkylation sites (tertiary alicyclic amines) is 1. The van der Waals surface area contributed by atoms with Gasteiger partial charge in [-0.3, -0.25) is 5.10 Å². The van der Waals surface area contributed by atoms with E-state index < -0.39 is 0 Å². The number of rotatable bonds is 5. The number of nitrogens with zero attached hydrogens (tertiary/aromatic N) is 2. The van der Waals surface area contributed by atoms with Crippen LogP contribution in [0.2, 0.25) is 0 Å². The predicted molar refractivity (Wildman–Crippen MR) is 77.2 cm³/mol. The molecule has 4 nitrogen and oxygen atoms in total. The Labute approximate surface area is 116 Å². The van der Waals surface area contributed by atoms with Gasteiger partial charge in [-0.1, -0.05) is 6.42 Å². The quantitative estimate of drug-likeness (QED) is 0.629. The third-order valence-electron chi connectivity index (χ3n) is 4.49. The van der Waals surface area contributed by atoms with Gasteiger partial charge in [0.25, 0.3) is 0 Å². The van der Waals surface area contributed by atoms with Crippen molar-refractivity contribution < 1.29 is 0 Å². The number of aromatic amines is 1. The van der Waals surface area contributed by atoms with Crippen molar-refractivity contribution in [2.75, 3.05) is 26.2 Å². The summed E-state index contributed by atoms with van der Waals surface area (Å²) in [5, 5.41) is 11.3. The summed E-state index contributed by atoms with van der Waals surface area (Å²) in [6.45, 7) is 5.78. The molecule has 2 aliphatic rings. The van der Waals surface area contributed by atoms with Crippen molar-refractivity contribution in [2.45, 2.75) is 51.5 Å². The van der Waals surface area contributed by atoms with Gasteiger partial charge in [0.2, 0.25) is 0 Å². The summed E-state index contributed by atoms with van der Waals surface area (Å²) >= 11 is 0. The SMILES string of the molecule is C1CCc2[nH]nc(CNCCN3CCCC3)c2CC1. The number of hydrogen-bond acceptors (Lipinski definition) is 3. The highest BCUT2D eigenvalue weighted by Crippen LogP contribution is 2.21. The summed E-state index contributed by atoms with van der Waals surface area (Å²) in [5.74, 6) is 0. The average Bonchev–Trinajstić information content (AvgIpc) is 3.00. The predicted octanol–water partition coefficient (Wildman–Crippen LogP) is 1.86. The lowest BCUT2D eigenvalue weighted by atomic mass is 10.1. The Kier molecular flexibility index (Phi) is 4.51. The first-order valence-electron chi connectivity index (χ1n) is 7.91. The van der Waals surface area contributed by atoms with E-state index in [2.05, 4.69) is 20.4 Å². The van der Waals surface area contributed by atoms with E-state index in [4.69, 9.17) is 0 Å². The van der Waals surface area contributed by atoms with Gasteiger partial charge in [-0.15, -0.1) is 0 Å². The third-order valence-corrected chi connectivity index (χ3v) is 4.49. The van der Waals surface area contributed by atoms with Crippen LogP contribution in [0, 0.1) is 0 Å². The maximum absolute atomic E-state index is 4.51. The second-order valence-electron chi connectivity index (χ2n) is 5.91. The fourth-order valence-corrected chi connectivity index (χ4v) is 3.32. The van der Waals surface area contributed by atoms with Crippen LogP contribution in [0.4, 0.5) is 0 Å². The first kappa shape index (κ1) is 13.1. The Morgan fingerprint density at radius 3 is 2.79 bits per heavy atom. The number of hydrogen-bond donors (Lipinski definition) is 2. The van der Waals surface area contributed by atoms with Gasteiger partial charge in [0.15, 0.2) is 0 Å². The van der Waals surface area contributed by atoms with E-state index in [1.54, 1.807) is 0 Å². The van der Waals surface area contributed by atoms with Crippen LogP contribution in [0.1, 0.15) is 49.1 Å². The Balaban J connectivity index is 1.45. The molecule has 1 aromatic heterocycles. The number of nitrogens with one attached hydrogen (secondary N) is 2. The van der Waals surface area contributed by atoms with Crippen molar-refractivity contribution in [3.63, 3.8) is 0 Å². The lowest BCUT2D eigenvalue weighted by Crippen LogP contribution is -2.29. The molecule has 0 aromatic carbocycles. The lowest BCUT2D eigenvalue weighted by molar-refractivity contribution is 0.335. The van der Waals surface area contributed by atoms with E-state index in [1.165, 1.54) is 81.5 Å². The fourth-order valence-electron chi connectivity index (χ4n) is 3.32. The zero-order valence-corrected chi connectivity index (χ0v) is 11.9. The van der Waals surface area contributed by atoms with E-state index in [9.17, 15) is 0 Å². The van der Waals surface area contributed by atoms with Crippen LogP contribution in [0.15, 0.2) is 0 Å². The Hall–Kier alpha value is -0.870. The van der Waals surface area contributed by atoms with Crippen molar-refractivity contribution in [1.29, 1.82) is 0 Å². The minimum atomic E-state index is 0.930. The molecule has 2 N–H and O–H groups in total. The zero-order chi connectivity index (χ0) is 12.9. The molecule has 1 aliphatic carbocycles. The van der Waals surface area contributed by atoms with Crippen LogP contribution in [0.3, 0.4) is 0 Å². The van der Waals surface area contributed by atoms with Crippen LogP contribution < -0.4 is 5.32 Å². The number of fused-ring (bicyclic) bond motifs is 1. The topological polar surface area (TPSA) is 44.0 Å². The summed E-state index contributed by atoms with van der Waals surface area (Å²) in [6, 6.07) is 0.